The van der Waals surface area contributed by atoms with Gasteiger partial charge in [-0.2, -0.15) is 0 Å². The van der Waals surface area contributed by atoms with E-state index >= 15 is 0 Å². The number of allylic oxidation sites excluding steroid dienone is 1. The Hall–Kier alpha value is -3.98. The summed E-state index contributed by atoms with van der Waals surface area (Å²) in [6.07, 6.45) is 5.64. The van der Waals surface area contributed by atoms with Crippen LogP contribution in [0.3, 0.4) is 0 Å². The molecule has 1 N–H and O–H groups in total. The van der Waals surface area contributed by atoms with Crippen LogP contribution in [-0.2, 0) is 29.0 Å². The van der Waals surface area contributed by atoms with E-state index in [1.165, 1.54) is 32.2 Å². The molecule has 1 atom stereocenters. The first-order valence-electron chi connectivity index (χ1n) is 13.0. The summed E-state index contributed by atoms with van der Waals surface area (Å²) in [4.78, 5) is 22.4. The van der Waals surface area contributed by atoms with Gasteiger partial charge in [0.05, 0.1) is 18.8 Å². The Morgan fingerprint density at radius 3 is 2.51 bits per heavy atom. The fourth-order valence-corrected chi connectivity index (χ4v) is 3.96. The lowest BCUT2D eigenvalue weighted by Gasteiger charge is -2.26. The standard InChI is InChI=1S/C28H30FN3O5.C2H6/c1-19-13-22(31-25(36-19)15-20-7-5-4-6-8-20)17-32(18-26-30-11-12-35-26)16-21-9-10-24(23(29)14-21)37-28(2,3)27(33)34;1-2/h4-14,22H,15-18H2,1-3H3,(H,33,34);1-2H3. The van der Waals surface area contributed by atoms with Crippen molar-refractivity contribution in [2.45, 2.75) is 65.8 Å². The molecular formula is C30H36FN3O5. The van der Waals surface area contributed by atoms with Gasteiger partial charge in [0.1, 0.15) is 12.0 Å². The molecule has 1 aliphatic rings. The molecule has 0 saturated carbocycles. The number of rotatable bonds is 11. The Morgan fingerprint density at radius 2 is 1.87 bits per heavy atom. The third-order valence-corrected chi connectivity index (χ3v) is 5.78. The van der Waals surface area contributed by atoms with Gasteiger partial charge in [0.25, 0.3) is 0 Å². The molecule has 0 spiro atoms. The minimum atomic E-state index is -1.55. The van der Waals surface area contributed by atoms with Crippen LogP contribution in [0.5, 0.6) is 5.75 Å². The Balaban J connectivity index is 0.00000205. The first-order chi connectivity index (χ1) is 18.7. The van der Waals surface area contributed by atoms with Crippen LogP contribution in [0, 0.1) is 5.82 Å². The minimum absolute atomic E-state index is 0.117. The molecule has 0 aliphatic carbocycles. The molecule has 0 amide bonds. The van der Waals surface area contributed by atoms with Crippen molar-refractivity contribution >= 4 is 11.9 Å². The molecule has 1 unspecified atom stereocenters. The molecule has 0 bridgehead atoms. The van der Waals surface area contributed by atoms with Gasteiger partial charge < -0.3 is 19.0 Å². The van der Waals surface area contributed by atoms with Crippen molar-refractivity contribution in [3.05, 3.63) is 95.7 Å². The first kappa shape index (κ1) is 29.6. The van der Waals surface area contributed by atoms with E-state index in [-0.39, 0.29) is 11.8 Å². The van der Waals surface area contributed by atoms with Gasteiger partial charge in [-0.05, 0) is 50.1 Å². The zero-order chi connectivity index (χ0) is 28.4. The number of aliphatic carboxylic acids is 1. The largest absolute Gasteiger partial charge is 0.478 e. The van der Waals surface area contributed by atoms with Gasteiger partial charge in [0, 0.05) is 19.5 Å². The van der Waals surface area contributed by atoms with Crippen LogP contribution in [0.2, 0.25) is 0 Å². The van der Waals surface area contributed by atoms with Crippen molar-refractivity contribution in [2.75, 3.05) is 6.54 Å². The molecule has 3 aromatic rings. The number of halogens is 1. The van der Waals surface area contributed by atoms with Gasteiger partial charge >= 0.3 is 5.97 Å². The average Bonchev–Trinajstić information content (AvgIpc) is 3.40. The monoisotopic (exact) mass is 537 g/mol. The summed E-state index contributed by atoms with van der Waals surface area (Å²) in [5.74, 6) is 0.0165. The van der Waals surface area contributed by atoms with Crippen molar-refractivity contribution in [1.29, 1.82) is 0 Å². The summed E-state index contributed by atoms with van der Waals surface area (Å²) in [6.45, 7) is 9.95. The molecule has 1 aliphatic heterocycles. The normalized spacial score (nSPS) is 15.0. The van der Waals surface area contributed by atoms with Crippen LogP contribution in [0.25, 0.3) is 0 Å². The highest BCUT2D eigenvalue weighted by molar-refractivity contribution is 5.80. The molecule has 0 saturated heterocycles. The molecule has 2 aromatic carbocycles. The van der Waals surface area contributed by atoms with E-state index in [9.17, 15) is 14.3 Å². The Labute approximate surface area is 228 Å². The third-order valence-electron chi connectivity index (χ3n) is 5.78. The molecule has 1 aromatic heterocycles. The maximum Gasteiger partial charge on any atom is 0.347 e. The predicted molar refractivity (Wildman–Crippen MR) is 147 cm³/mol. The van der Waals surface area contributed by atoms with E-state index in [0.717, 1.165) is 11.3 Å². The number of carboxylic acid groups (broad SMARTS) is 1. The Morgan fingerprint density at radius 1 is 1.13 bits per heavy atom. The number of aromatic nitrogens is 1. The number of benzene rings is 2. The molecule has 0 radical (unpaired) electrons. The SMILES string of the molecule is CC.CC1=CC(CN(Cc2ccc(OC(C)(C)C(=O)O)c(F)c2)Cc2ncco2)N=C(Cc2ccccc2)O1. The second-order valence-corrected chi connectivity index (χ2v) is 9.41. The van der Waals surface area contributed by atoms with Gasteiger partial charge in [0.2, 0.25) is 5.89 Å². The number of ether oxygens (including phenoxy) is 2. The van der Waals surface area contributed by atoms with Crippen LogP contribution in [-0.4, -0.2) is 45.0 Å². The summed E-state index contributed by atoms with van der Waals surface area (Å²) in [7, 11) is 0. The highest BCUT2D eigenvalue weighted by Gasteiger charge is 2.30. The van der Waals surface area contributed by atoms with Crippen LogP contribution >= 0.6 is 0 Å². The Bertz CT molecular complexity index is 1270. The fourth-order valence-electron chi connectivity index (χ4n) is 3.96. The second-order valence-electron chi connectivity index (χ2n) is 9.41. The molecule has 9 heteroatoms. The number of aliphatic imine (C=N–C) groups is 1. The van der Waals surface area contributed by atoms with Gasteiger partial charge in [-0.15, -0.1) is 0 Å². The van der Waals surface area contributed by atoms with Crippen molar-refractivity contribution in [3.8, 4) is 5.75 Å². The average molecular weight is 538 g/mol. The van der Waals surface area contributed by atoms with E-state index in [2.05, 4.69) is 9.88 Å². The molecule has 208 valence electrons. The quantitative estimate of drug-likeness (QED) is 0.319. The molecule has 4 rings (SSSR count). The summed E-state index contributed by atoms with van der Waals surface area (Å²) >= 11 is 0. The van der Waals surface area contributed by atoms with Crippen molar-refractivity contribution in [1.82, 2.24) is 9.88 Å². The smallest absolute Gasteiger partial charge is 0.347 e. The zero-order valence-corrected chi connectivity index (χ0v) is 23.1. The van der Waals surface area contributed by atoms with Gasteiger partial charge in [-0.25, -0.2) is 19.2 Å². The lowest BCUT2D eigenvalue weighted by Crippen LogP contribution is -2.38. The number of nitrogens with zero attached hydrogens (tertiary/aromatic N) is 3. The third kappa shape index (κ3) is 8.78. The topological polar surface area (TPSA) is 97.4 Å². The van der Waals surface area contributed by atoms with E-state index in [1.807, 2.05) is 57.2 Å². The van der Waals surface area contributed by atoms with Crippen molar-refractivity contribution < 1.29 is 28.2 Å². The summed E-state index contributed by atoms with van der Waals surface area (Å²) < 4.78 is 31.5. The highest BCUT2D eigenvalue weighted by Crippen LogP contribution is 2.25. The van der Waals surface area contributed by atoms with Gasteiger partial charge in [0.15, 0.2) is 23.1 Å². The molecule has 39 heavy (non-hydrogen) atoms. The lowest BCUT2D eigenvalue weighted by atomic mass is 10.1. The number of oxazole rings is 1. The van der Waals surface area contributed by atoms with E-state index < -0.39 is 17.4 Å². The van der Waals surface area contributed by atoms with Crippen LogP contribution in [0.15, 0.2) is 82.2 Å². The number of carbonyl (C=O) groups is 1. The number of hydrogen-bond acceptors (Lipinski definition) is 7. The van der Waals surface area contributed by atoms with Crippen LogP contribution in [0.4, 0.5) is 4.39 Å². The predicted octanol–water partition coefficient (Wildman–Crippen LogP) is 6.03. The lowest BCUT2D eigenvalue weighted by molar-refractivity contribution is -0.152. The summed E-state index contributed by atoms with van der Waals surface area (Å²) in [6, 6.07) is 14.3. The minimum Gasteiger partial charge on any atom is -0.478 e. The second kappa shape index (κ2) is 13.7. The molecule has 2 heterocycles. The Kier molecular flexibility index (Phi) is 10.4. The van der Waals surface area contributed by atoms with E-state index in [4.69, 9.17) is 18.9 Å². The molecular weight excluding hydrogens is 501 g/mol. The zero-order valence-electron chi connectivity index (χ0n) is 23.1. The van der Waals surface area contributed by atoms with Gasteiger partial charge in [-0.3, -0.25) is 4.90 Å². The maximum atomic E-state index is 14.8. The van der Waals surface area contributed by atoms with Crippen molar-refractivity contribution in [3.63, 3.8) is 0 Å². The van der Waals surface area contributed by atoms with E-state index in [1.54, 1.807) is 12.3 Å². The first-order valence-corrected chi connectivity index (χ1v) is 13.0. The highest BCUT2D eigenvalue weighted by atomic mass is 19.1. The summed E-state index contributed by atoms with van der Waals surface area (Å²) in [5.41, 5.74) is 0.239. The van der Waals surface area contributed by atoms with Crippen LogP contribution < -0.4 is 4.74 Å². The number of hydrogen-bond donors (Lipinski definition) is 1. The van der Waals surface area contributed by atoms with Gasteiger partial charge in [-0.1, -0.05) is 50.2 Å². The number of carboxylic acids is 1. The molecule has 8 nitrogen and oxygen atoms in total. The van der Waals surface area contributed by atoms with Crippen molar-refractivity contribution in [2.24, 2.45) is 4.99 Å². The maximum absolute atomic E-state index is 14.8. The summed E-state index contributed by atoms with van der Waals surface area (Å²) in [5, 5.41) is 9.27. The van der Waals surface area contributed by atoms with Crippen LogP contribution in [0.1, 0.15) is 51.6 Å². The fraction of sp³-hybridized carbons (Fsp3) is 0.367. The van der Waals surface area contributed by atoms with E-state index in [0.29, 0.717) is 43.4 Å². The molecule has 0 fully saturated rings.